The fourth-order valence-electron chi connectivity index (χ4n) is 3.03. The largest absolute Gasteiger partial charge is 0.484 e. The second kappa shape index (κ2) is 10.6. The lowest BCUT2D eigenvalue weighted by Gasteiger charge is -2.31. The molecule has 2 aromatic rings. The molecule has 156 valence electrons. The quantitative estimate of drug-likeness (QED) is 0.696. The van der Waals surface area contributed by atoms with E-state index in [2.05, 4.69) is 5.32 Å². The van der Waals surface area contributed by atoms with Crippen molar-refractivity contribution < 1.29 is 18.7 Å². The van der Waals surface area contributed by atoms with Crippen LogP contribution in [0.15, 0.2) is 48.5 Å². The molecule has 0 saturated heterocycles. The number of halogens is 1. The van der Waals surface area contributed by atoms with Gasteiger partial charge in [0.05, 0.1) is 0 Å². The van der Waals surface area contributed by atoms with Gasteiger partial charge in [-0.25, -0.2) is 4.39 Å². The molecule has 5 nitrogen and oxygen atoms in total. The summed E-state index contributed by atoms with van der Waals surface area (Å²) in [4.78, 5) is 27.3. The molecule has 0 fully saturated rings. The maximum Gasteiger partial charge on any atom is 0.261 e. The zero-order valence-corrected chi connectivity index (χ0v) is 17.4. The predicted octanol–water partition coefficient (Wildman–Crippen LogP) is 3.84. The smallest absolute Gasteiger partial charge is 0.261 e. The van der Waals surface area contributed by atoms with Crippen molar-refractivity contribution in [3.8, 4) is 5.75 Å². The van der Waals surface area contributed by atoms with Crippen LogP contribution >= 0.6 is 0 Å². The lowest BCUT2D eigenvalue weighted by Crippen LogP contribution is -2.51. The first kappa shape index (κ1) is 22.4. The van der Waals surface area contributed by atoms with Crippen LogP contribution in [0.1, 0.15) is 38.3 Å². The van der Waals surface area contributed by atoms with Crippen molar-refractivity contribution >= 4 is 11.8 Å². The lowest BCUT2D eigenvalue weighted by atomic mass is 10.1. The number of amides is 2. The fraction of sp³-hybridized carbons (Fsp3) is 0.391. The molecule has 2 amide bonds. The number of nitrogens with zero attached hydrogens (tertiary/aromatic N) is 1. The Kier molecular flexibility index (Phi) is 8.19. The Morgan fingerprint density at radius 1 is 1.10 bits per heavy atom. The fourth-order valence-corrected chi connectivity index (χ4v) is 3.03. The molecule has 1 atom stereocenters. The van der Waals surface area contributed by atoms with Crippen molar-refractivity contribution in [2.75, 3.05) is 6.61 Å². The molecule has 2 aromatic carbocycles. The molecule has 0 aliphatic carbocycles. The SMILES string of the molecule is CC[C@H](C(=O)NC(C)C)N(Cc1ccccc1C)C(=O)COc1ccc(F)cc1. The van der Waals surface area contributed by atoms with Crippen LogP contribution < -0.4 is 10.1 Å². The number of carbonyl (C=O) groups excluding carboxylic acids is 2. The molecular weight excluding hydrogens is 371 g/mol. The van der Waals surface area contributed by atoms with E-state index in [0.29, 0.717) is 18.7 Å². The third-order valence-corrected chi connectivity index (χ3v) is 4.59. The molecule has 0 bridgehead atoms. The standard InChI is InChI=1S/C23H29FN2O3/c1-5-21(23(28)25-16(2)3)26(14-18-9-7-6-8-17(18)4)22(27)15-29-20-12-10-19(24)11-13-20/h6-13,16,21H,5,14-15H2,1-4H3,(H,25,28)/t21-/m1/s1. The highest BCUT2D eigenvalue weighted by Crippen LogP contribution is 2.17. The van der Waals surface area contributed by atoms with E-state index in [-0.39, 0.29) is 30.3 Å². The summed E-state index contributed by atoms with van der Waals surface area (Å²) in [7, 11) is 0. The maximum atomic E-state index is 13.1. The Morgan fingerprint density at radius 2 is 1.76 bits per heavy atom. The molecule has 0 aromatic heterocycles. The van der Waals surface area contributed by atoms with Gasteiger partial charge in [0.1, 0.15) is 17.6 Å². The molecule has 29 heavy (non-hydrogen) atoms. The van der Waals surface area contributed by atoms with Crippen LogP contribution in [0, 0.1) is 12.7 Å². The number of benzene rings is 2. The van der Waals surface area contributed by atoms with Gasteiger partial charge in [-0.1, -0.05) is 31.2 Å². The molecule has 0 aliphatic heterocycles. The number of ether oxygens (including phenoxy) is 1. The minimum Gasteiger partial charge on any atom is -0.484 e. The highest BCUT2D eigenvalue weighted by Gasteiger charge is 2.29. The Morgan fingerprint density at radius 3 is 2.34 bits per heavy atom. The minimum atomic E-state index is -0.610. The molecule has 0 spiro atoms. The number of hydrogen-bond donors (Lipinski definition) is 1. The van der Waals surface area contributed by atoms with E-state index in [1.165, 1.54) is 24.3 Å². The van der Waals surface area contributed by atoms with Gasteiger partial charge < -0.3 is 15.0 Å². The molecule has 0 unspecified atom stereocenters. The monoisotopic (exact) mass is 400 g/mol. The van der Waals surface area contributed by atoms with Gasteiger partial charge in [0.25, 0.3) is 5.91 Å². The Labute approximate surface area is 171 Å². The number of hydrogen-bond acceptors (Lipinski definition) is 3. The van der Waals surface area contributed by atoms with Crippen LogP contribution in [0.25, 0.3) is 0 Å². The van der Waals surface area contributed by atoms with Gasteiger partial charge in [-0.2, -0.15) is 0 Å². The third-order valence-electron chi connectivity index (χ3n) is 4.59. The maximum absolute atomic E-state index is 13.1. The van der Waals surface area contributed by atoms with Crippen LogP contribution in [0.2, 0.25) is 0 Å². The van der Waals surface area contributed by atoms with E-state index in [9.17, 15) is 14.0 Å². The summed E-state index contributed by atoms with van der Waals surface area (Å²) < 4.78 is 18.6. The highest BCUT2D eigenvalue weighted by molar-refractivity contribution is 5.88. The normalized spacial score (nSPS) is 11.8. The minimum absolute atomic E-state index is 0.0255. The lowest BCUT2D eigenvalue weighted by molar-refractivity contribution is -0.143. The summed E-state index contributed by atoms with van der Waals surface area (Å²) in [5.41, 5.74) is 2.02. The summed E-state index contributed by atoms with van der Waals surface area (Å²) in [5.74, 6) is -0.467. The predicted molar refractivity (Wildman–Crippen MR) is 111 cm³/mol. The van der Waals surface area contributed by atoms with Crippen LogP contribution in [-0.4, -0.2) is 35.4 Å². The van der Waals surface area contributed by atoms with Gasteiger partial charge in [-0.15, -0.1) is 0 Å². The van der Waals surface area contributed by atoms with E-state index in [0.717, 1.165) is 11.1 Å². The van der Waals surface area contributed by atoms with Crippen molar-refractivity contribution in [3.63, 3.8) is 0 Å². The van der Waals surface area contributed by atoms with E-state index in [1.54, 1.807) is 4.90 Å². The second-order valence-corrected chi connectivity index (χ2v) is 7.28. The first-order valence-electron chi connectivity index (χ1n) is 9.84. The Bertz CT molecular complexity index is 821. The van der Waals surface area contributed by atoms with Crippen LogP contribution in [0.5, 0.6) is 5.75 Å². The van der Waals surface area contributed by atoms with Crippen molar-refractivity contribution in [1.29, 1.82) is 0 Å². The van der Waals surface area contributed by atoms with Crippen LogP contribution in [0.4, 0.5) is 4.39 Å². The van der Waals surface area contributed by atoms with Crippen molar-refractivity contribution in [2.24, 2.45) is 0 Å². The number of nitrogens with one attached hydrogen (secondary N) is 1. The topological polar surface area (TPSA) is 58.6 Å². The molecule has 1 N–H and O–H groups in total. The summed E-state index contributed by atoms with van der Waals surface area (Å²) in [6.07, 6.45) is 0.479. The van der Waals surface area contributed by atoms with E-state index < -0.39 is 6.04 Å². The molecule has 6 heteroatoms. The van der Waals surface area contributed by atoms with Gasteiger partial charge >= 0.3 is 0 Å². The first-order chi connectivity index (χ1) is 13.8. The van der Waals surface area contributed by atoms with Gasteiger partial charge in [-0.05, 0) is 62.6 Å². The van der Waals surface area contributed by atoms with E-state index in [4.69, 9.17) is 4.74 Å². The van der Waals surface area contributed by atoms with Gasteiger partial charge in [0.15, 0.2) is 6.61 Å². The average molecular weight is 400 g/mol. The average Bonchev–Trinajstić information content (AvgIpc) is 2.68. The van der Waals surface area contributed by atoms with Gasteiger partial charge in [0.2, 0.25) is 5.91 Å². The molecular formula is C23H29FN2O3. The summed E-state index contributed by atoms with van der Waals surface area (Å²) in [6.45, 7) is 7.70. The second-order valence-electron chi connectivity index (χ2n) is 7.28. The zero-order chi connectivity index (χ0) is 21.4. The summed E-state index contributed by atoms with van der Waals surface area (Å²) in [6, 6.07) is 12.6. The van der Waals surface area contributed by atoms with Crippen molar-refractivity contribution in [1.82, 2.24) is 10.2 Å². The molecule has 2 rings (SSSR count). The molecule has 0 aliphatic rings. The number of aryl methyl sites for hydroxylation is 1. The zero-order valence-electron chi connectivity index (χ0n) is 17.4. The Balaban J connectivity index is 2.21. The van der Waals surface area contributed by atoms with Gasteiger partial charge in [-0.3, -0.25) is 9.59 Å². The summed E-state index contributed by atoms with van der Waals surface area (Å²) in [5, 5.41) is 2.89. The number of rotatable bonds is 9. The van der Waals surface area contributed by atoms with Crippen LogP contribution in [-0.2, 0) is 16.1 Å². The highest BCUT2D eigenvalue weighted by atomic mass is 19.1. The van der Waals surface area contributed by atoms with Crippen LogP contribution in [0.3, 0.4) is 0 Å². The molecule has 0 heterocycles. The number of carbonyl (C=O) groups is 2. The van der Waals surface area contributed by atoms with Crippen molar-refractivity contribution in [3.05, 3.63) is 65.5 Å². The van der Waals surface area contributed by atoms with Crippen molar-refractivity contribution in [2.45, 2.75) is 52.7 Å². The van der Waals surface area contributed by atoms with E-state index in [1.807, 2.05) is 52.0 Å². The third kappa shape index (κ3) is 6.59. The first-order valence-corrected chi connectivity index (χ1v) is 9.84. The van der Waals surface area contributed by atoms with E-state index >= 15 is 0 Å². The van der Waals surface area contributed by atoms with Gasteiger partial charge in [0, 0.05) is 12.6 Å². The Hall–Kier alpha value is -2.89. The summed E-state index contributed by atoms with van der Waals surface area (Å²) >= 11 is 0. The molecule has 0 radical (unpaired) electrons. The molecule has 0 saturated carbocycles.